The lowest BCUT2D eigenvalue weighted by atomic mass is 9.97. The number of benzene rings is 1. The Balaban J connectivity index is 1.41. The molecule has 3 aromatic rings. The first-order valence-corrected chi connectivity index (χ1v) is 10.1. The van der Waals surface area contributed by atoms with Crippen LogP contribution in [0, 0.1) is 5.82 Å². The van der Waals surface area contributed by atoms with E-state index in [1.807, 2.05) is 23.5 Å². The van der Waals surface area contributed by atoms with Crippen LogP contribution < -0.4 is 9.80 Å². The highest BCUT2D eigenvalue weighted by atomic mass is 32.1. The highest BCUT2D eigenvalue weighted by Crippen LogP contribution is 2.39. The molecule has 2 aliphatic rings. The topological polar surface area (TPSA) is 32.3 Å². The lowest BCUT2D eigenvalue weighted by Gasteiger charge is -2.37. The van der Waals surface area contributed by atoms with E-state index in [1.54, 1.807) is 6.33 Å². The van der Waals surface area contributed by atoms with E-state index in [0.717, 1.165) is 48.9 Å². The zero-order chi connectivity index (χ0) is 17.5. The maximum atomic E-state index is 13.2. The van der Waals surface area contributed by atoms with Crippen molar-refractivity contribution in [3.8, 4) is 0 Å². The van der Waals surface area contributed by atoms with Gasteiger partial charge in [0.25, 0.3) is 0 Å². The number of hydrogen-bond acceptors (Lipinski definition) is 5. The molecular weight excluding hydrogens is 347 g/mol. The summed E-state index contributed by atoms with van der Waals surface area (Å²) in [5.74, 6) is 0.922. The summed E-state index contributed by atoms with van der Waals surface area (Å²) in [7, 11) is 0. The number of halogens is 1. The summed E-state index contributed by atoms with van der Waals surface area (Å²) in [6.45, 7) is 3.69. The molecule has 1 aromatic carbocycles. The number of thiophene rings is 1. The summed E-state index contributed by atoms with van der Waals surface area (Å²) in [4.78, 5) is 16.6. The Morgan fingerprint density at radius 2 is 1.62 bits per heavy atom. The molecular formula is C20H21FN4S. The van der Waals surface area contributed by atoms with Crippen molar-refractivity contribution < 1.29 is 4.39 Å². The second kappa shape index (κ2) is 6.50. The minimum Gasteiger partial charge on any atom is -0.368 e. The van der Waals surface area contributed by atoms with Crippen LogP contribution in [-0.4, -0.2) is 36.1 Å². The van der Waals surface area contributed by atoms with E-state index in [9.17, 15) is 4.39 Å². The van der Waals surface area contributed by atoms with Crippen LogP contribution in [0.25, 0.3) is 10.2 Å². The smallest absolute Gasteiger partial charge is 0.141 e. The van der Waals surface area contributed by atoms with Crippen molar-refractivity contribution in [2.24, 2.45) is 0 Å². The van der Waals surface area contributed by atoms with Gasteiger partial charge >= 0.3 is 0 Å². The van der Waals surface area contributed by atoms with Gasteiger partial charge in [-0.15, -0.1) is 11.3 Å². The van der Waals surface area contributed by atoms with Gasteiger partial charge in [0.2, 0.25) is 0 Å². The monoisotopic (exact) mass is 368 g/mol. The fourth-order valence-corrected chi connectivity index (χ4v) is 5.37. The van der Waals surface area contributed by atoms with Gasteiger partial charge in [-0.25, -0.2) is 14.4 Å². The molecule has 6 heteroatoms. The normalized spacial score (nSPS) is 17.6. The van der Waals surface area contributed by atoms with Gasteiger partial charge in [-0.2, -0.15) is 0 Å². The van der Waals surface area contributed by atoms with Crippen molar-refractivity contribution in [2.45, 2.75) is 25.7 Å². The van der Waals surface area contributed by atoms with Crippen molar-refractivity contribution >= 4 is 33.1 Å². The van der Waals surface area contributed by atoms with Gasteiger partial charge in [0.1, 0.15) is 22.8 Å². The Hall–Kier alpha value is -2.21. The lowest BCUT2D eigenvalue weighted by molar-refractivity contribution is 0.624. The van der Waals surface area contributed by atoms with Crippen molar-refractivity contribution in [3.63, 3.8) is 0 Å². The fraction of sp³-hybridized carbons (Fsp3) is 0.400. The number of anilines is 2. The Morgan fingerprint density at radius 1 is 0.885 bits per heavy atom. The first kappa shape index (κ1) is 16.0. The van der Waals surface area contributed by atoms with Crippen LogP contribution in [0.4, 0.5) is 15.9 Å². The molecule has 0 atom stereocenters. The van der Waals surface area contributed by atoms with Gasteiger partial charge in [-0.05, 0) is 55.5 Å². The third-order valence-electron chi connectivity index (χ3n) is 5.50. The Labute approximate surface area is 156 Å². The molecule has 1 aliphatic heterocycles. The van der Waals surface area contributed by atoms with Crippen LogP contribution in [0.1, 0.15) is 23.3 Å². The molecule has 1 aliphatic carbocycles. The van der Waals surface area contributed by atoms with E-state index in [0.29, 0.717) is 0 Å². The number of aromatic nitrogens is 2. The molecule has 0 saturated carbocycles. The minimum atomic E-state index is -0.182. The second-order valence-corrected chi connectivity index (χ2v) is 8.12. The van der Waals surface area contributed by atoms with Crippen LogP contribution in [-0.2, 0) is 12.8 Å². The summed E-state index contributed by atoms with van der Waals surface area (Å²) >= 11 is 1.85. The van der Waals surface area contributed by atoms with Gasteiger partial charge in [0.05, 0.1) is 5.39 Å². The summed E-state index contributed by atoms with van der Waals surface area (Å²) in [5, 5.41) is 1.29. The number of fused-ring (bicyclic) bond motifs is 3. The average Bonchev–Trinajstić information content (AvgIpc) is 3.07. The molecule has 5 rings (SSSR count). The van der Waals surface area contributed by atoms with Crippen LogP contribution in [0.2, 0.25) is 0 Å². The van der Waals surface area contributed by atoms with Crippen molar-refractivity contribution in [1.29, 1.82) is 0 Å². The second-order valence-electron chi connectivity index (χ2n) is 7.04. The van der Waals surface area contributed by atoms with Gasteiger partial charge in [0.15, 0.2) is 0 Å². The third kappa shape index (κ3) is 2.72. The third-order valence-corrected chi connectivity index (χ3v) is 6.70. The molecule has 0 N–H and O–H groups in total. The van der Waals surface area contributed by atoms with E-state index < -0.39 is 0 Å². The number of aryl methyl sites for hydroxylation is 2. The lowest BCUT2D eigenvalue weighted by Crippen LogP contribution is -2.47. The molecule has 0 amide bonds. The van der Waals surface area contributed by atoms with E-state index in [1.165, 1.54) is 47.2 Å². The van der Waals surface area contributed by atoms with Crippen LogP contribution in [0.3, 0.4) is 0 Å². The van der Waals surface area contributed by atoms with Crippen LogP contribution in [0.15, 0.2) is 30.6 Å². The van der Waals surface area contributed by atoms with Gasteiger partial charge < -0.3 is 9.80 Å². The standard InChI is InChI=1S/C20H21FN4S/c21-14-5-7-15(8-6-14)24-9-11-25(12-10-24)19-18-16-3-1-2-4-17(16)26-20(18)23-13-22-19/h5-8,13H,1-4,9-12H2. The number of piperazine rings is 1. The number of nitrogens with zero attached hydrogens (tertiary/aromatic N) is 4. The summed E-state index contributed by atoms with van der Waals surface area (Å²) in [6.07, 6.45) is 6.62. The Morgan fingerprint density at radius 3 is 2.42 bits per heavy atom. The van der Waals surface area contributed by atoms with Crippen molar-refractivity contribution in [3.05, 3.63) is 46.9 Å². The average molecular weight is 368 g/mol. The Kier molecular flexibility index (Phi) is 4.00. The van der Waals surface area contributed by atoms with Gasteiger partial charge in [-0.3, -0.25) is 0 Å². The first-order chi connectivity index (χ1) is 12.8. The zero-order valence-corrected chi connectivity index (χ0v) is 15.4. The molecule has 4 nitrogen and oxygen atoms in total. The molecule has 0 radical (unpaired) electrons. The van der Waals surface area contributed by atoms with Gasteiger partial charge in [0, 0.05) is 36.7 Å². The molecule has 1 fully saturated rings. The Bertz CT molecular complexity index is 929. The van der Waals surface area contributed by atoms with E-state index >= 15 is 0 Å². The zero-order valence-electron chi connectivity index (χ0n) is 14.6. The number of hydrogen-bond donors (Lipinski definition) is 0. The summed E-state index contributed by atoms with van der Waals surface area (Å²) < 4.78 is 13.2. The van der Waals surface area contributed by atoms with Crippen molar-refractivity contribution in [1.82, 2.24) is 9.97 Å². The minimum absolute atomic E-state index is 0.182. The van der Waals surface area contributed by atoms with E-state index in [2.05, 4.69) is 19.8 Å². The molecule has 1 saturated heterocycles. The molecule has 134 valence electrons. The first-order valence-electron chi connectivity index (χ1n) is 9.30. The van der Waals surface area contributed by atoms with E-state index in [-0.39, 0.29) is 5.82 Å². The maximum Gasteiger partial charge on any atom is 0.141 e. The van der Waals surface area contributed by atoms with Crippen molar-refractivity contribution in [2.75, 3.05) is 36.0 Å². The van der Waals surface area contributed by atoms with E-state index in [4.69, 9.17) is 0 Å². The SMILES string of the molecule is Fc1ccc(N2CCN(c3ncnc4sc5c(c34)CCCC5)CC2)cc1. The number of rotatable bonds is 2. The molecule has 3 heterocycles. The fourth-order valence-electron chi connectivity index (χ4n) is 4.14. The molecule has 2 aromatic heterocycles. The predicted octanol–water partition coefficient (Wildman–Crippen LogP) is 4.04. The molecule has 0 bridgehead atoms. The maximum absolute atomic E-state index is 13.2. The van der Waals surface area contributed by atoms with Gasteiger partial charge in [-0.1, -0.05) is 0 Å². The van der Waals surface area contributed by atoms with Crippen LogP contribution >= 0.6 is 11.3 Å². The predicted molar refractivity (Wildman–Crippen MR) is 105 cm³/mol. The molecule has 26 heavy (non-hydrogen) atoms. The molecule has 0 unspecified atom stereocenters. The highest BCUT2D eigenvalue weighted by Gasteiger charge is 2.25. The summed E-state index contributed by atoms with van der Waals surface area (Å²) in [6, 6.07) is 6.80. The highest BCUT2D eigenvalue weighted by molar-refractivity contribution is 7.19. The quantitative estimate of drug-likeness (QED) is 0.683. The van der Waals surface area contributed by atoms with Crippen LogP contribution in [0.5, 0.6) is 0 Å². The largest absolute Gasteiger partial charge is 0.368 e. The molecule has 0 spiro atoms. The summed E-state index contributed by atoms with van der Waals surface area (Å²) in [5.41, 5.74) is 2.58.